The number of halogens is 1. The third-order valence-electron chi connectivity index (χ3n) is 2.30. The van der Waals surface area contributed by atoms with Crippen LogP contribution in [-0.4, -0.2) is 35.5 Å². The van der Waals surface area contributed by atoms with Gasteiger partial charge in [0.25, 0.3) is 0 Å². The molecule has 0 aromatic carbocycles. The second-order valence-electron chi connectivity index (χ2n) is 3.66. The maximum atomic E-state index is 11.5. The van der Waals surface area contributed by atoms with E-state index in [0.29, 0.717) is 6.54 Å². The lowest BCUT2D eigenvalue weighted by Gasteiger charge is -2.15. The summed E-state index contributed by atoms with van der Waals surface area (Å²) in [6, 6.07) is 4.00. The molecular formula is C11H14BrNO3S. The Hall–Kier alpha value is -0.880. The summed E-state index contributed by atoms with van der Waals surface area (Å²) in [5.74, 6) is -1.06. The number of hydrogen-bond donors (Lipinski definition) is 1. The van der Waals surface area contributed by atoms with E-state index in [0.717, 1.165) is 10.2 Å². The highest BCUT2D eigenvalue weighted by Crippen LogP contribution is 2.22. The molecule has 0 aliphatic carbocycles. The molecule has 0 saturated heterocycles. The number of carboxylic acid groups (broad SMARTS) is 1. The lowest BCUT2D eigenvalue weighted by Crippen LogP contribution is -2.28. The molecule has 1 heterocycles. The molecule has 0 atom stereocenters. The van der Waals surface area contributed by atoms with Gasteiger partial charge in [-0.05, 0) is 34.5 Å². The number of hydrogen-bond acceptors (Lipinski definition) is 3. The molecule has 0 aliphatic rings. The summed E-state index contributed by atoms with van der Waals surface area (Å²) in [7, 11) is 1.70. The smallest absolute Gasteiger partial charge is 0.303 e. The maximum absolute atomic E-state index is 11.5. The Bertz CT molecular complexity index is 405. The third kappa shape index (κ3) is 5.32. The third-order valence-corrected chi connectivity index (χ3v) is 3.98. The van der Waals surface area contributed by atoms with Gasteiger partial charge in [-0.3, -0.25) is 9.59 Å². The van der Waals surface area contributed by atoms with Crippen molar-refractivity contribution in [2.75, 3.05) is 13.6 Å². The summed E-state index contributed by atoms with van der Waals surface area (Å²) < 4.78 is 1.08. The van der Waals surface area contributed by atoms with Gasteiger partial charge in [-0.1, -0.05) is 0 Å². The van der Waals surface area contributed by atoms with Crippen LogP contribution in [0.25, 0.3) is 0 Å². The maximum Gasteiger partial charge on any atom is 0.303 e. The first kappa shape index (κ1) is 14.2. The van der Waals surface area contributed by atoms with E-state index in [1.54, 1.807) is 23.3 Å². The fourth-order valence-electron chi connectivity index (χ4n) is 1.29. The van der Waals surface area contributed by atoms with Gasteiger partial charge in [0, 0.05) is 24.9 Å². The van der Waals surface area contributed by atoms with E-state index >= 15 is 0 Å². The molecule has 1 rings (SSSR count). The predicted octanol–water partition coefficient (Wildman–Crippen LogP) is 2.38. The Labute approximate surface area is 112 Å². The summed E-state index contributed by atoms with van der Waals surface area (Å²) in [6.07, 6.45) is 0.763. The van der Waals surface area contributed by atoms with E-state index in [1.165, 1.54) is 4.88 Å². The number of likely N-dealkylation sites (N-methyl/N-ethyl adjacent to an activating group) is 1. The topological polar surface area (TPSA) is 57.6 Å². The first-order valence-electron chi connectivity index (χ1n) is 5.19. The molecule has 1 amide bonds. The Morgan fingerprint density at radius 2 is 2.12 bits per heavy atom. The van der Waals surface area contributed by atoms with Crippen molar-refractivity contribution in [3.8, 4) is 0 Å². The second-order valence-corrected chi connectivity index (χ2v) is 6.21. The standard InChI is InChI=1S/C11H14BrNO3S/c1-13(10(14)4-5-11(15)16)7-6-8-2-3-9(12)17-8/h2-3H,4-7H2,1H3,(H,15,16). The monoisotopic (exact) mass is 319 g/mol. The summed E-state index contributed by atoms with van der Waals surface area (Å²) >= 11 is 5.03. The predicted molar refractivity (Wildman–Crippen MR) is 70.2 cm³/mol. The fraction of sp³-hybridized carbons (Fsp3) is 0.455. The number of nitrogens with zero attached hydrogens (tertiary/aromatic N) is 1. The van der Waals surface area contributed by atoms with Gasteiger partial charge >= 0.3 is 5.97 Å². The van der Waals surface area contributed by atoms with E-state index in [2.05, 4.69) is 15.9 Å². The van der Waals surface area contributed by atoms with Crippen LogP contribution >= 0.6 is 27.3 Å². The largest absolute Gasteiger partial charge is 0.481 e. The van der Waals surface area contributed by atoms with Crippen LogP contribution in [0.1, 0.15) is 17.7 Å². The van der Waals surface area contributed by atoms with Crippen LogP contribution in [0.4, 0.5) is 0 Å². The lowest BCUT2D eigenvalue weighted by molar-refractivity contribution is -0.140. The molecule has 6 heteroatoms. The van der Waals surface area contributed by atoms with Crippen molar-refractivity contribution in [3.63, 3.8) is 0 Å². The molecule has 94 valence electrons. The lowest BCUT2D eigenvalue weighted by atomic mass is 10.2. The summed E-state index contributed by atoms with van der Waals surface area (Å²) in [4.78, 5) is 24.6. The van der Waals surface area contributed by atoms with E-state index in [-0.39, 0.29) is 18.7 Å². The van der Waals surface area contributed by atoms with Crippen LogP contribution in [0.15, 0.2) is 15.9 Å². The summed E-state index contributed by atoms with van der Waals surface area (Å²) in [5, 5.41) is 8.48. The van der Waals surface area contributed by atoms with Crippen LogP contribution in [0, 0.1) is 0 Å². The van der Waals surface area contributed by atoms with Crippen molar-refractivity contribution in [1.82, 2.24) is 4.90 Å². The first-order valence-corrected chi connectivity index (χ1v) is 6.80. The highest BCUT2D eigenvalue weighted by atomic mass is 79.9. The molecule has 0 bridgehead atoms. The summed E-state index contributed by atoms with van der Waals surface area (Å²) in [5.41, 5.74) is 0. The van der Waals surface area contributed by atoms with E-state index in [9.17, 15) is 9.59 Å². The number of thiophene rings is 1. The van der Waals surface area contributed by atoms with Crippen LogP contribution in [0.3, 0.4) is 0 Å². The molecule has 1 N–H and O–H groups in total. The highest BCUT2D eigenvalue weighted by Gasteiger charge is 2.10. The molecule has 17 heavy (non-hydrogen) atoms. The zero-order valence-electron chi connectivity index (χ0n) is 9.48. The number of aliphatic carboxylic acids is 1. The zero-order chi connectivity index (χ0) is 12.8. The quantitative estimate of drug-likeness (QED) is 0.875. The minimum atomic E-state index is -0.936. The van der Waals surface area contributed by atoms with Gasteiger partial charge < -0.3 is 10.0 Å². The molecule has 0 aliphatic heterocycles. The molecule has 4 nitrogen and oxygen atoms in total. The van der Waals surface area contributed by atoms with E-state index in [4.69, 9.17) is 5.11 Å². The van der Waals surface area contributed by atoms with Crippen LogP contribution < -0.4 is 0 Å². The number of carbonyl (C=O) groups excluding carboxylic acids is 1. The van der Waals surface area contributed by atoms with Gasteiger partial charge in [0.2, 0.25) is 5.91 Å². The van der Waals surface area contributed by atoms with Crippen molar-refractivity contribution in [2.45, 2.75) is 19.3 Å². The van der Waals surface area contributed by atoms with Crippen molar-refractivity contribution in [1.29, 1.82) is 0 Å². The van der Waals surface area contributed by atoms with Crippen LogP contribution in [-0.2, 0) is 16.0 Å². The fourth-order valence-corrected chi connectivity index (χ4v) is 2.77. The average molecular weight is 320 g/mol. The number of amides is 1. The number of carboxylic acids is 1. The molecular weight excluding hydrogens is 306 g/mol. The van der Waals surface area contributed by atoms with Crippen molar-refractivity contribution in [3.05, 3.63) is 20.8 Å². The molecule has 0 fully saturated rings. The second kappa shape index (κ2) is 6.76. The first-order chi connectivity index (χ1) is 7.99. The minimum Gasteiger partial charge on any atom is -0.481 e. The van der Waals surface area contributed by atoms with Crippen molar-refractivity contribution in [2.24, 2.45) is 0 Å². The Morgan fingerprint density at radius 1 is 1.41 bits per heavy atom. The van der Waals surface area contributed by atoms with Crippen molar-refractivity contribution < 1.29 is 14.7 Å². The van der Waals surface area contributed by atoms with E-state index < -0.39 is 5.97 Å². The van der Waals surface area contributed by atoms with Gasteiger partial charge in [0.1, 0.15) is 0 Å². The zero-order valence-corrected chi connectivity index (χ0v) is 11.9. The molecule has 1 aromatic rings. The normalized spacial score (nSPS) is 10.2. The van der Waals surface area contributed by atoms with Gasteiger partial charge in [-0.25, -0.2) is 0 Å². The number of rotatable bonds is 6. The molecule has 0 spiro atoms. The molecule has 0 radical (unpaired) electrons. The van der Waals surface area contributed by atoms with Crippen molar-refractivity contribution >= 4 is 39.1 Å². The Morgan fingerprint density at radius 3 is 2.65 bits per heavy atom. The van der Waals surface area contributed by atoms with Gasteiger partial charge in [0.15, 0.2) is 0 Å². The molecule has 1 aromatic heterocycles. The van der Waals surface area contributed by atoms with Crippen LogP contribution in [0.5, 0.6) is 0 Å². The Kier molecular flexibility index (Phi) is 5.64. The Balaban J connectivity index is 2.31. The van der Waals surface area contributed by atoms with Gasteiger partial charge in [-0.2, -0.15) is 0 Å². The SMILES string of the molecule is CN(CCc1ccc(Br)s1)C(=O)CCC(=O)O. The number of carbonyl (C=O) groups is 2. The molecule has 0 unspecified atom stereocenters. The van der Waals surface area contributed by atoms with Crippen LogP contribution in [0.2, 0.25) is 0 Å². The average Bonchev–Trinajstić information content (AvgIpc) is 2.68. The highest BCUT2D eigenvalue weighted by molar-refractivity contribution is 9.11. The van der Waals surface area contributed by atoms with E-state index in [1.807, 2.05) is 12.1 Å². The summed E-state index contributed by atoms with van der Waals surface area (Å²) in [6.45, 7) is 0.616. The van der Waals surface area contributed by atoms with Gasteiger partial charge in [0.05, 0.1) is 10.2 Å². The molecule has 0 saturated carbocycles. The van der Waals surface area contributed by atoms with Gasteiger partial charge in [-0.15, -0.1) is 11.3 Å². The minimum absolute atomic E-state index is 0.0694.